The zero-order valence-corrected chi connectivity index (χ0v) is 12.0. The summed E-state index contributed by atoms with van der Waals surface area (Å²) in [6.45, 7) is 1.81. The van der Waals surface area contributed by atoms with Gasteiger partial charge >= 0.3 is 5.97 Å². The lowest BCUT2D eigenvalue weighted by molar-refractivity contribution is -0.143. The van der Waals surface area contributed by atoms with Gasteiger partial charge in [-0.3, -0.25) is 14.4 Å². The fraction of sp³-hybridized carbons (Fsp3) is 0.786. The molecule has 3 N–H and O–H groups in total. The highest BCUT2D eigenvalue weighted by Gasteiger charge is 2.30. The number of carboxylic acid groups (broad SMARTS) is 1. The summed E-state index contributed by atoms with van der Waals surface area (Å²) in [5.41, 5.74) is 0. The normalized spacial score (nSPS) is 22.6. The summed E-state index contributed by atoms with van der Waals surface area (Å²) in [4.78, 5) is 34.3. The molecule has 2 atom stereocenters. The Morgan fingerprint density at radius 3 is 2.45 bits per heavy atom. The molecule has 0 radical (unpaired) electrons. The maximum Gasteiger partial charge on any atom is 0.308 e. The Labute approximate surface area is 119 Å². The lowest BCUT2D eigenvalue weighted by Gasteiger charge is -2.22. The Morgan fingerprint density at radius 1 is 1.10 bits per heavy atom. The molecular weight excluding hydrogens is 260 g/mol. The molecule has 0 bridgehead atoms. The molecule has 0 aromatic carbocycles. The van der Waals surface area contributed by atoms with Crippen LogP contribution < -0.4 is 10.6 Å². The summed E-state index contributed by atoms with van der Waals surface area (Å²) >= 11 is 0. The van der Waals surface area contributed by atoms with Gasteiger partial charge in [-0.1, -0.05) is 26.2 Å². The highest BCUT2D eigenvalue weighted by molar-refractivity contribution is 5.85. The Kier molecular flexibility index (Phi) is 7.04. The Hall–Kier alpha value is -1.59. The van der Waals surface area contributed by atoms with E-state index in [0.29, 0.717) is 19.3 Å². The monoisotopic (exact) mass is 284 g/mol. The number of carbonyl (C=O) groups is 3. The molecule has 0 saturated heterocycles. The fourth-order valence-electron chi connectivity index (χ4n) is 2.53. The van der Waals surface area contributed by atoms with Crippen molar-refractivity contribution in [2.75, 3.05) is 6.54 Å². The van der Waals surface area contributed by atoms with Crippen molar-refractivity contribution in [2.45, 2.75) is 57.9 Å². The first kappa shape index (κ1) is 16.5. The van der Waals surface area contributed by atoms with Crippen LogP contribution in [0.3, 0.4) is 0 Å². The molecule has 0 aromatic heterocycles. The van der Waals surface area contributed by atoms with Crippen LogP contribution in [0.1, 0.15) is 51.9 Å². The molecule has 1 aliphatic rings. The third-order valence-corrected chi connectivity index (χ3v) is 3.60. The van der Waals surface area contributed by atoms with Gasteiger partial charge < -0.3 is 15.7 Å². The number of nitrogens with one attached hydrogen (secondary N) is 2. The largest absolute Gasteiger partial charge is 0.481 e. The fourth-order valence-corrected chi connectivity index (χ4v) is 2.53. The van der Waals surface area contributed by atoms with E-state index >= 15 is 0 Å². The summed E-state index contributed by atoms with van der Waals surface area (Å²) in [5.74, 6) is -1.84. The second kappa shape index (κ2) is 8.55. The standard InChI is InChI=1S/C14H24N2O4/c1-2-6-12(17)15-9-13(18)16-11-8-5-3-4-7-10(11)14(19)20/h10-11H,2-9H2,1H3,(H,15,17)(H,16,18)(H,19,20)/t10-,11+/m1/s1. The highest BCUT2D eigenvalue weighted by Crippen LogP contribution is 2.23. The van der Waals surface area contributed by atoms with Gasteiger partial charge in [-0.2, -0.15) is 0 Å². The number of aliphatic carboxylic acids is 1. The van der Waals surface area contributed by atoms with Gasteiger partial charge in [0.25, 0.3) is 0 Å². The molecule has 0 unspecified atom stereocenters. The Morgan fingerprint density at radius 2 is 1.80 bits per heavy atom. The molecule has 1 rings (SSSR count). The zero-order valence-electron chi connectivity index (χ0n) is 12.0. The minimum absolute atomic E-state index is 0.0817. The van der Waals surface area contributed by atoms with Gasteiger partial charge in [0.15, 0.2) is 0 Å². The van der Waals surface area contributed by atoms with Gasteiger partial charge in [0.1, 0.15) is 0 Å². The molecular formula is C14H24N2O4. The summed E-state index contributed by atoms with van der Waals surface area (Å²) < 4.78 is 0. The lowest BCUT2D eigenvalue weighted by atomic mass is 9.95. The molecule has 1 aliphatic carbocycles. The van der Waals surface area contributed by atoms with Crippen molar-refractivity contribution in [1.29, 1.82) is 0 Å². The number of carboxylic acids is 1. The maximum atomic E-state index is 11.8. The van der Waals surface area contributed by atoms with E-state index in [1.165, 1.54) is 0 Å². The number of amides is 2. The summed E-state index contributed by atoms with van der Waals surface area (Å²) in [6, 6.07) is -0.328. The molecule has 20 heavy (non-hydrogen) atoms. The molecule has 114 valence electrons. The van der Waals surface area contributed by atoms with E-state index in [9.17, 15) is 19.5 Å². The van der Waals surface area contributed by atoms with E-state index in [-0.39, 0.29) is 24.4 Å². The van der Waals surface area contributed by atoms with E-state index in [2.05, 4.69) is 10.6 Å². The minimum atomic E-state index is -0.854. The lowest BCUT2D eigenvalue weighted by Crippen LogP contribution is -2.46. The molecule has 6 heteroatoms. The molecule has 1 saturated carbocycles. The van der Waals surface area contributed by atoms with Crippen molar-refractivity contribution < 1.29 is 19.5 Å². The van der Waals surface area contributed by atoms with E-state index in [0.717, 1.165) is 25.7 Å². The Bertz CT molecular complexity index is 357. The van der Waals surface area contributed by atoms with E-state index in [4.69, 9.17) is 0 Å². The summed E-state index contributed by atoms with van der Waals surface area (Å²) in [6.07, 6.45) is 5.23. The first-order valence-corrected chi connectivity index (χ1v) is 7.33. The molecule has 2 amide bonds. The third-order valence-electron chi connectivity index (χ3n) is 3.60. The highest BCUT2D eigenvalue weighted by atomic mass is 16.4. The van der Waals surface area contributed by atoms with Crippen LogP contribution in [-0.2, 0) is 14.4 Å². The van der Waals surface area contributed by atoms with Crippen molar-refractivity contribution >= 4 is 17.8 Å². The number of carbonyl (C=O) groups excluding carboxylic acids is 2. The SMILES string of the molecule is CCCC(=O)NCC(=O)N[C@H]1CCCCC[C@H]1C(=O)O. The average molecular weight is 284 g/mol. The third kappa shape index (κ3) is 5.59. The van der Waals surface area contributed by atoms with Crippen LogP contribution in [0.5, 0.6) is 0 Å². The molecule has 1 fully saturated rings. The van der Waals surface area contributed by atoms with Gasteiger partial charge in [-0.15, -0.1) is 0 Å². The Balaban J connectivity index is 2.44. The summed E-state index contributed by atoms with van der Waals surface area (Å²) in [7, 11) is 0. The van der Waals surface area contributed by atoms with Crippen LogP contribution in [0.15, 0.2) is 0 Å². The van der Waals surface area contributed by atoms with Crippen molar-refractivity contribution in [3.63, 3.8) is 0 Å². The number of rotatable bonds is 6. The van der Waals surface area contributed by atoms with Crippen LogP contribution in [0.2, 0.25) is 0 Å². The first-order chi connectivity index (χ1) is 9.54. The molecule has 0 heterocycles. The average Bonchev–Trinajstić information content (AvgIpc) is 2.62. The molecule has 0 aromatic rings. The summed E-state index contributed by atoms with van der Waals surface area (Å²) in [5, 5.41) is 14.5. The maximum absolute atomic E-state index is 11.8. The molecule has 0 spiro atoms. The van der Waals surface area contributed by atoms with Crippen molar-refractivity contribution in [3.8, 4) is 0 Å². The van der Waals surface area contributed by atoms with Gasteiger partial charge in [0.05, 0.1) is 12.5 Å². The topological polar surface area (TPSA) is 95.5 Å². The van der Waals surface area contributed by atoms with E-state index in [1.807, 2.05) is 6.92 Å². The zero-order chi connectivity index (χ0) is 15.0. The van der Waals surface area contributed by atoms with Crippen LogP contribution in [0.25, 0.3) is 0 Å². The van der Waals surface area contributed by atoms with E-state index < -0.39 is 11.9 Å². The van der Waals surface area contributed by atoms with Crippen LogP contribution in [0, 0.1) is 5.92 Å². The van der Waals surface area contributed by atoms with Crippen LogP contribution >= 0.6 is 0 Å². The van der Waals surface area contributed by atoms with Gasteiger partial charge in [-0.05, 0) is 19.3 Å². The van der Waals surface area contributed by atoms with E-state index in [1.54, 1.807) is 0 Å². The van der Waals surface area contributed by atoms with Gasteiger partial charge in [-0.25, -0.2) is 0 Å². The smallest absolute Gasteiger partial charge is 0.308 e. The number of hydrogen-bond acceptors (Lipinski definition) is 3. The van der Waals surface area contributed by atoms with Crippen molar-refractivity contribution in [3.05, 3.63) is 0 Å². The van der Waals surface area contributed by atoms with Crippen LogP contribution in [0.4, 0.5) is 0 Å². The predicted molar refractivity (Wildman–Crippen MR) is 74.1 cm³/mol. The number of hydrogen-bond donors (Lipinski definition) is 3. The van der Waals surface area contributed by atoms with Crippen molar-refractivity contribution in [1.82, 2.24) is 10.6 Å². The molecule has 0 aliphatic heterocycles. The van der Waals surface area contributed by atoms with Gasteiger partial charge in [0.2, 0.25) is 11.8 Å². The quantitative estimate of drug-likeness (QED) is 0.635. The second-order valence-corrected chi connectivity index (χ2v) is 5.28. The van der Waals surface area contributed by atoms with Crippen molar-refractivity contribution in [2.24, 2.45) is 5.92 Å². The predicted octanol–water partition coefficient (Wildman–Crippen LogP) is 1.05. The minimum Gasteiger partial charge on any atom is -0.481 e. The second-order valence-electron chi connectivity index (χ2n) is 5.28. The van der Waals surface area contributed by atoms with Gasteiger partial charge in [0, 0.05) is 12.5 Å². The molecule has 6 nitrogen and oxygen atoms in total. The first-order valence-electron chi connectivity index (χ1n) is 7.33. The van der Waals surface area contributed by atoms with Crippen LogP contribution in [-0.4, -0.2) is 35.5 Å².